The van der Waals surface area contributed by atoms with Crippen LogP contribution in [0.25, 0.3) is 0 Å². The molecule has 0 spiro atoms. The van der Waals surface area contributed by atoms with Gasteiger partial charge in [0.25, 0.3) is 0 Å². The van der Waals surface area contributed by atoms with E-state index in [2.05, 4.69) is 4.98 Å². The number of nitrogens with two attached hydrogens (primary N) is 1. The van der Waals surface area contributed by atoms with Crippen LogP contribution in [0.3, 0.4) is 0 Å². The smallest absolute Gasteiger partial charge is 0.126 e. The van der Waals surface area contributed by atoms with Crippen molar-refractivity contribution in [3.8, 4) is 0 Å². The Morgan fingerprint density at radius 1 is 1.62 bits per heavy atom. The molecule has 0 radical (unpaired) electrons. The molecule has 1 aromatic heterocycles. The van der Waals surface area contributed by atoms with Crippen LogP contribution in [-0.2, 0) is 6.42 Å². The zero-order chi connectivity index (χ0) is 9.84. The minimum absolute atomic E-state index is 0.188. The summed E-state index contributed by atoms with van der Waals surface area (Å²) in [6.07, 6.45) is 2.50. The fourth-order valence-corrected chi connectivity index (χ4v) is 1.29. The van der Waals surface area contributed by atoms with Crippen LogP contribution in [0.15, 0.2) is 12.3 Å². The molecule has 0 bridgehead atoms. The second-order valence-electron chi connectivity index (χ2n) is 3.48. The molecule has 1 heterocycles. The predicted octanol–water partition coefficient (Wildman–Crippen LogP) is 1.14. The predicted molar refractivity (Wildman–Crippen MR) is 53.3 cm³/mol. The van der Waals surface area contributed by atoms with Gasteiger partial charge in [0.05, 0.1) is 0 Å². The van der Waals surface area contributed by atoms with Crippen molar-refractivity contribution in [1.29, 1.82) is 0 Å². The van der Waals surface area contributed by atoms with Gasteiger partial charge in [-0.05, 0) is 36.5 Å². The van der Waals surface area contributed by atoms with Crippen LogP contribution < -0.4 is 5.73 Å². The number of anilines is 1. The number of nitrogen functional groups attached to an aromatic ring is 1. The Balaban J connectivity index is 2.87. The van der Waals surface area contributed by atoms with Gasteiger partial charge in [-0.1, -0.05) is 6.92 Å². The number of aryl methyl sites for hydroxylation is 1. The molecule has 0 aliphatic carbocycles. The van der Waals surface area contributed by atoms with Gasteiger partial charge in [-0.15, -0.1) is 0 Å². The van der Waals surface area contributed by atoms with Gasteiger partial charge < -0.3 is 10.8 Å². The number of hydrogen-bond acceptors (Lipinski definition) is 3. The van der Waals surface area contributed by atoms with E-state index in [1.807, 2.05) is 19.9 Å². The second kappa shape index (κ2) is 4.23. The molecule has 3 N–H and O–H groups in total. The van der Waals surface area contributed by atoms with Crippen molar-refractivity contribution >= 4 is 5.82 Å². The molecule has 13 heavy (non-hydrogen) atoms. The summed E-state index contributed by atoms with van der Waals surface area (Å²) in [5.41, 5.74) is 7.94. The summed E-state index contributed by atoms with van der Waals surface area (Å²) in [6, 6.07) is 1.94. The maximum Gasteiger partial charge on any atom is 0.126 e. The van der Waals surface area contributed by atoms with Crippen molar-refractivity contribution in [2.24, 2.45) is 5.92 Å². The largest absolute Gasteiger partial charge is 0.396 e. The van der Waals surface area contributed by atoms with Crippen molar-refractivity contribution in [1.82, 2.24) is 4.98 Å². The lowest BCUT2D eigenvalue weighted by Crippen LogP contribution is -2.09. The van der Waals surface area contributed by atoms with E-state index in [0.717, 1.165) is 17.5 Å². The highest BCUT2D eigenvalue weighted by Crippen LogP contribution is 2.17. The van der Waals surface area contributed by atoms with Gasteiger partial charge in [-0.2, -0.15) is 0 Å². The van der Waals surface area contributed by atoms with Gasteiger partial charge in [0.15, 0.2) is 0 Å². The van der Waals surface area contributed by atoms with E-state index in [1.54, 1.807) is 6.20 Å². The molecule has 72 valence electrons. The maximum absolute atomic E-state index is 8.92. The monoisotopic (exact) mass is 180 g/mol. The van der Waals surface area contributed by atoms with Crippen molar-refractivity contribution < 1.29 is 5.11 Å². The molecule has 1 unspecified atom stereocenters. The first kappa shape index (κ1) is 9.99. The van der Waals surface area contributed by atoms with Crippen LogP contribution in [0, 0.1) is 12.8 Å². The molecule has 0 aromatic carbocycles. The second-order valence-corrected chi connectivity index (χ2v) is 3.48. The molecule has 0 saturated heterocycles. The molecule has 0 saturated carbocycles. The molecule has 0 aliphatic heterocycles. The Hall–Kier alpha value is -1.09. The summed E-state index contributed by atoms with van der Waals surface area (Å²) >= 11 is 0. The molecular formula is C10H16N2O. The average Bonchev–Trinajstić information content (AvgIpc) is 2.11. The fourth-order valence-electron chi connectivity index (χ4n) is 1.29. The summed E-state index contributed by atoms with van der Waals surface area (Å²) < 4.78 is 0. The van der Waals surface area contributed by atoms with Crippen LogP contribution in [0.1, 0.15) is 18.1 Å². The van der Waals surface area contributed by atoms with Crippen molar-refractivity contribution in [3.63, 3.8) is 0 Å². The van der Waals surface area contributed by atoms with E-state index in [4.69, 9.17) is 10.8 Å². The molecule has 3 heteroatoms. The normalized spacial score (nSPS) is 12.8. The zero-order valence-corrected chi connectivity index (χ0v) is 8.12. The number of rotatable bonds is 3. The number of hydrogen-bond donors (Lipinski definition) is 2. The standard InChI is InChI=1S/C10H16N2O/c1-7(6-13)5-9-8(2)3-4-12-10(9)11/h3-4,7,13H,5-6H2,1-2H3,(H2,11,12). The van der Waals surface area contributed by atoms with Gasteiger partial charge >= 0.3 is 0 Å². The summed E-state index contributed by atoms with van der Waals surface area (Å²) in [6.45, 7) is 4.19. The zero-order valence-electron chi connectivity index (χ0n) is 8.12. The summed E-state index contributed by atoms with van der Waals surface area (Å²) in [5, 5.41) is 8.92. The minimum atomic E-state index is 0.188. The molecule has 3 nitrogen and oxygen atoms in total. The van der Waals surface area contributed by atoms with E-state index >= 15 is 0 Å². The third-order valence-corrected chi connectivity index (χ3v) is 2.19. The molecule has 0 aliphatic rings. The Kier molecular flexibility index (Phi) is 3.25. The lowest BCUT2D eigenvalue weighted by Gasteiger charge is -2.11. The first-order chi connectivity index (χ1) is 6.15. The fraction of sp³-hybridized carbons (Fsp3) is 0.500. The maximum atomic E-state index is 8.92. The highest BCUT2D eigenvalue weighted by molar-refractivity contribution is 5.43. The third-order valence-electron chi connectivity index (χ3n) is 2.19. The Labute approximate surface area is 78.6 Å². The van der Waals surface area contributed by atoms with Gasteiger partial charge in [-0.25, -0.2) is 4.98 Å². The minimum Gasteiger partial charge on any atom is -0.396 e. The van der Waals surface area contributed by atoms with E-state index in [1.165, 1.54) is 0 Å². The molecule has 0 fully saturated rings. The van der Waals surface area contributed by atoms with Crippen LogP contribution >= 0.6 is 0 Å². The van der Waals surface area contributed by atoms with E-state index in [-0.39, 0.29) is 12.5 Å². The molecule has 1 atom stereocenters. The van der Waals surface area contributed by atoms with E-state index in [0.29, 0.717) is 5.82 Å². The van der Waals surface area contributed by atoms with Gasteiger partial charge in [0, 0.05) is 12.8 Å². The summed E-state index contributed by atoms with van der Waals surface area (Å²) in [4.78, 5) is 4.02. The van der Waals surface area contributed by atoms with E-state index < -0.39 is 0 Å². The van der Waals surface area contributed by atoms with Gasteiger partial charge in [0.2, 0.25) is 0 Å². The topological polar surface area (TPSA) is 59.1 Å². The average molecular weight is 180 g/mol. The quantitative estimate of drug-likeness (QED) is 0.733. The Morgan fingerprint density at radius 3 is 2.85 bits per heavy atom. The number of aliphatic hydroxyl groups is 1. The van der Waals surface area contributed by atoms with E-state index in [9.17, 15) is 0 Å². The number of aromatic nitrogens is 1. The Bertz CT molecular complexity index is 266. The highest BCUT2D eigenvalue weighted by Gasteiger charge is 2.08. The number of nitrogens with zero attached hydrogens (tertiary/aromatic N) is 1. The van der Waals surface area contributed by atoms with Gasteiger partial charge in [0.1, 0.15) is 5.82 Å². The SMILES string of the molecule is Cc1ccnc(N)c1CC(C)CO. The molecular weight excluding hydrogens is 164 g/mol. The lowest BCUT2D eigenvalue weighted by atomic mass is 9.99. The highest BCUT2D eigenvalue weighted by atomic mass is 16.3. The van der Waals surface area contributed by atoms with Gasteiger partial charge in [-0.3, -0.25) is 0 Å². The van der Waals surface area contributed by atoms with Crippen LogP contribution in [0.4, 0.5) is 5.82 Å². The van der Waals surface area contributed by atoms with Crippen LogP contribution in [-0.4, -0.2) is 16.7 Å². The Morgan fingerprint density at radius 2 is 2.31 bits per heavy atom. The number of pyridine rings is 1. The molecule has 1 rings (SSSR count). The van der Waals surface area contributed by atoms with Crippen molar-refractivity contribution in [3.05, 3.63) is 23.4 Å². The lowest BCUT2D eigenvalue weighted by molar-refractivity contribution is 0.237. The first-order valence-electron chi connectivity index (χ1n) is 4.46. The third kappa shape index (κ3) is 2.42. The molecule has 0 amide bonds. The van der Waals surface area contributed by atoms with Crippen LogP contribution in [0.2, 0.25) is 0 Å². The first-order valence-corrected chi connectivity index (χ1v) is 4.46. The number of aliphatic hydroxyl groups excluding tert-OH is 1. The van der Waals surface area contributed by atoms with Crippen molar-refractivity contribution in [2.75, 3.05) is 12.3 Å². The van der Waals surface area contributed by atoms with Crippen molar-refractivity contribution in [2.45, 2.75) is 20.3 Å². The summed E-state index contributed by atoms with van der Waals surface area (Å²) in [5.74, 6) is 0.825. The summed E-state index contributed by atoms with van der Waals surface area (Å²) in [7, 11) is 0. The van der Waals surface area contributed by atoms with Crippen LogP contribution in [0.5, 0.6) is 0 Å². The molecule has 1 aromatic rings.